The Morgan fingerprint density at radius 2 is 1.90 bits per heavy atom. The minimum Gasteiger partial charge on any atom is -0.308 e. The van der Waals surface area contributed by atoms with Gasteiger partial charge in [0.05, 0.1) is 11.3 Å². The van der Waals surface area contributed by atoms with E-state index in [9.17, 15) is 8.42 Å². The molecule has 4 aromatic heterocycles. The van der Waals surface area contributed by atoms with Gasteiger partial charge in [-0.15, -0.1) is 0 Å². The topological polar surface area (TPSA) is 110 Å². The third kappa shape index (κ3) is 3.25. The highest BCUT2D eigenvalue weighted by Crippen LogP contribution is 2.27. The maximum atomic E-state index is 12.5. The fourth-order valence-electron chi connectivity index (χ4n) is 3.61. The van der Waals surface area contributed by atoms with Crippen molar-refractivity contribution in [1.82, 2.24) is 28.5 Å². The Morgan fingerprint density at radius 3 is 2.65 bits per heavy atom. The second-order valence-electron chi connectivity index (χ2n) is 7.39. The SMILES string of the molecule is CCS(=O)(=O)n1ccc2ccc(-c3nc(Nc4cc(C)[nH]n4)n4c(C)ccc4n3)cc21. The number of anilines is 2. The lowest BCUT2D eigenvalue weighted by Gasteiger charge is -2.11. The second kappa shape index (κ2) is 6.95. The smallest absolute Gasteiger partial charge is 0.238 e. The summed E-state index contributed by atoms with van der Waals surface area (Å²) in [6.45, 7) is 5.53. The summed E-state index contributed by atoms with van der Waals surface area (Å²) in [5, 5.41) is 11.2. The molecule has 0 atom stereocenters. The molecule has 31 heavy (non-hydrogen) atoms. The Balaban J connectivity index is 1.68. The molecule has 0 aliphatic rings. The van der Waals surface area contributed by atoms with E-state index in [0.717, 1.165) is 28.0 Å². The van der Waals surface area contributed by atoms with Crippen LogP contribution in [0.25, 0.3) is 27.9 Å². The van der Waals surface area contributed by atoms with Gasteiger partial charge >= 0.3 is 0 Å². The van der Waals surface area contributed by atoms with Crippen LogP contribution in [-0.2, 0) is 10.0 Å². The van der Waals surface area contributed by atoms with E-state index in [2.05, 4.69) is 15.5 Å². The molecule has 2 N–H and O–H groups in total. The zero-order valence-corrected chi connectivity index (χ0v) is 18.1. The number of benzene rings is 1. The first kappa shape index (κ1) is 19.3. The molecule has 0 unspecified atom stereocenters. The lowest BCUT2D eigenvalue weighted by Crippen LogP contribution is -2.13. The number of aromatic nitrogens is 6. The van der Waals surface area contributed by atoms with E-state index >= 15 is 0 Å². The summed E-state index contributed by atoms with van der Waals surface area (Å²) in [5.41, 5.74) is 3.97. The Bertz CT molecular complexity index is 1540. The third-order valence-corrected chi connectivity index (χ3v) is 6.87. The van der Waals surface area contributed by atoms with E-state index in [0.29, 0.717) is 23.1 Å². The molecule has 0 spiro atoms. The summed E-state index contributed by atoms with van der Waals surface area (Å²) in [4.78, 5) is 9.44. The average Bonchev–Trinajstić information content (AvgIpc) is 3.46. The standard InChI is InChI=1S/C21H21N7O2S/c1-4-31(29,30)27-10-9-15-6-7-16(12-17(15)27)20-23-19-8-5-14(3)28(19)21(24-20)22-18-11-13(2)25-26-18/h5-12H,4H2,1-3H3,(H2,22,23,24,25,26). The quantitative estimate of drug-likeness (QED) is 0.436. The van der Waals surface area contributed by atoms with Crippen molar-refractivity contribution in [1.29, 1.82) is 0 Å². The molecular formula is C21H21N7O2S. The lowest BCUT2D eigenvalue weighted by atomic mass is 10.1. The molecule has 0 saturated carbocycles. The number of nitrogens with zero attached hydrogens (tertiary/aromatic N) is 5. The normalized spacial score (nSPS) is 12.1. The largest absolute Gasteiger partial charge is 0.308 e. The second-order valence-corrected chi connectivity index (χ2v) is 9.52. The number of H-pyrrole nitrogens is 1. The molecule has 5 rings (SSSR count). The number of hydrogen-bond donors (Lipinski definition) is 2. The van der Waals surface area contributed by atoms with Gasteiger partial charge in [0, 0.05) is 34.6 Å². The summed E-state index contributed by atoms with van der Waals surface area (Å²) in [6.07, 6.45) is 1.58. The number of nitrogens with one attached hydrogen (secondary N) is 2. The van der Waals surface area contributed by atoms with Crippen molar-refractivity contribution in [2.75, 3.05) is 11.1 Å². The lowest BCUT2D eigenvalue weighted by molar-refractivity contribution is 0.590. The molecular weight excluding hydrogens is 414 g/mol. The van der Waals surface area contributed by atoms with E-state index in [4.69, 9.17) is 9.97 Å². The van der Waals surface area contributed by atoms with Gasteiger partial charge in [-0.1, -0.05) is 12.1 Å². The number of aryl methyl sites for hydroxylation is 2. The van der Waals surface area contributed by atoms with Gasteiger partial charge in [0.1, 0.15) is 5.65 Å². The van der Waals surface area contributed by atoms with Crippen LogP contribution in [0.3, 0.4) is 0 Å². The van der Waals surface area contributed by atoms with E-state index in [-0.39, 0.29) is 5.75 Å². The van der Waals surface area contributed by atoms with Crippen LogP contribution in [0.1, 0.15) is 18.3 Å². The van der Waals surface area contributed by atoms with Crippen LogP contribution in [0.15, 0.2) is 48.7 Å². The van der Waals surface area contributed by atoms with Crippen LogP contribution in [0.4, 0.5) is 11.8 Å². The first-order valence-electron chi connectivity index (χ1n) is 9.85. The zero-order chi connectivity index (χ0) is 21.8. The first-order valence-corrected chi connectivity index (χ1v) is 11.5. The minimum absolute atomic E-state index is 0.0179. The van der Waals surface area contributed by atoms with Gasteiger partial charge in [-0.05, 0) is 45.0 Å². The molecule has 0 fully saturated rings. The number of hydrogen-bond acceptors (Lipinski definition) is 6. The number of rotatable bonds is 5. The molecule has 4 heterocycles. The highest BCUT2D eigenvalue weighted by atomic mass is 32.2. The van der Waals surface area contributed by atoms with E-state index < -0.39 is 10.0 Å². The van der Waals surface area contributed by atoms with Crippen LogP contribution in [0.2, 0.25) is 0 Å². The molecule has 0 bridgehead atoms. The highest BCUT2D eigenvalue weighted by Gasteiger charge is 2.16. The van der Waals surface area contributed by atoms with Gasteiger partial charge in [0.2, 0.25) is 16.0 Å². The van der Waals surface area contributed by atoms with Crippen LogP contribution in [-0.4, -0.2) is 42.7 Å². The van der Waals surface area contributed by atoms with E-state index in [1.54, 1.807) is 19.2 Å². The van der Waals surface area contributed by atoms with Crippen LogP contribution in [0, 0.1) is 13.8 Å². The summed E-state index contributed by atoms with van der Waals surface area (Å²) in [6, 6.07) is 13.2. The summed E-state index contributed by atoms with van der Waals surface area (Å²) in [7, 11) is -3.41. The molecule has 158 valence electrons. The van der Waals surface area contributed by atoms with Crippen molar-refractivity contribution < 1.29 is 8.42 Å². The van der Waals surface area contributed by atoms with Crippen molar-refractivity contribution in [2.24, 2.45) is 0 Å². The molecule has 5 aromatic rings. The fourth-order valence-corrected chi connectivity index (χ4v) is 4.59. The monoisotopic (exact) mass is 435 g/mol. The summed E-state index contributed by atoms with van der Waals surface area (Å²) < 4.78 is 28.2. The van der Waals surface area contributed by atoms with Crippen molar-refractivity contribution in [3.63, 3.8) is 0 Å². The Hall–Kier alpha value is -3.66. The maximum Gasteiger partial charge on any atom is 0.238 e. The highest BCUT2D eigenvalue weighted by molar-refractivity contribution is 7.90. The molecule has 0 saturated heterocycles. The number of aromatic amines is 1. The molecule has 0 aliphatic carbocycles. The van der Waals surface area contributed by atoms with Gasteiger partial charge in [0.25, 0.3) is 0 Å². The molecule has 0 aliphatic heterocycles. The summed E-state index contributed by atoms with van der Waals surface area (Å²) in [5.74, 6) is 1.73. The molecule has 0 radical (unpaired) electrons. The summed E-state index contributed by atoms with van der Waals surface area (Å²) >= 11 is 0. The van der Waals surface area contributed by atoms with Crippen molar-refractivity contribution in [3.05, 3.63) is 60.0 Å². The Labute approximate surface area is 178 Å². The molecule has 9 nitrogen and oxygen atoms in total. The minimum atomic E-state index is -3.41. The van der Waals surface area contributed by atoms with Gasteiger partial charge in [-0.3, -0.25) is 9.50 Å². The van der Waals surface area contributed by atoms with Gasteiger partial charge in [0.15, 0.2) is 11.6 Å². The Kier molecular flexibility index (Phi) is 4.33. The molecule has 0 amide bonds. The van der Waals surface area contributed by atoms with Crippen molar-refractivity contribution in [3.8, 4) is 11.4 Å². The predicted octanol–water partition coefficient (Wildman–Crippen LogP) is 3.63. The van der Waals surface area contributed by atoms with E-state index in [1.165, 1.54) is 3.97 Å². The maximum absolute atomic E-state index is 12.5. The van der Waals surface area contributed by atoms with Crippen molar-refractivity contribution >= 4 is 38.3 Å². The van der Waals surface area contributed by atoms with E-state index in [1.807, 2.05) is 54.6 Å². The molecule has 10 heteroatoms. The Morgan fingerprint density at radius 1 is 1.06 bits per heavy atom. The number of fused-ring (bicyclic) bond motifs is 2. The third-order valence-electron chi connectivity index (χ3n) is 5.23. The zero-order valence-electron chi connectivity index (χ0n) is 17.3. The van der Waals surface area contributed by atoms with Gasteiger partial charge in [-0.2, -0.15) is 10.1 Å². The average molecular weight is 436 g/mol. The predicted molar refractivity (Wildman–Crippen MR) is 120 cm³/mol. The van der Waals surface area contributed by atoms with Crippen molar-refractivity contribution in [2.45, 2.75) is 20.8 Å². The van der Waals surface area contributed by atoms with Gasteiger partial charge in [-0.25, -0.2) is 17.4 Å². The van der Waals surface area contributed by atoms with Crippen LogP contribution < -0.4 is 5.32 Å². The first-order chi connectivity index (χ1) is 14.9. The van der Waals surface area contributed by atoms with Crippen LogP contribution >= 0.6 is 0 Å². The van der Waals surface area contributed by atoms with Crippen LogP contribution in [0.5, 0.6) is 0 Å². The fraction of sp³-hybridized carbons (Fsp3) is 0.190. The van der Waals surface area contributed by atoms with Gasteiger partial charge < -0.3 is 5.32 Å². The molecule has 1 aromatic carbocycles.